The number of nitrogens with two attached hydrogens (primary N) is 1. The molecule has 1 atom stereocenters. The van der Waals surface area contributed by atoms with Crippen molar-refractivity contribution in [3.8, 4) is 0 Å². The van der Waals surface area contributed by atoms with Crippen molar-refractivity contribution in [3.05, 3.63) is 33.8 Å². The molecule has 88 valence electrons. The summed E-state index contributed by atoms with van der Waals surface area (Å²) in [7, 11) is 0. The van der Waals surface area contributed by atoms with Gasteiger partial charge in [0.15, 0.2) is 0 Å². The van der Waals surface area contributed by atoms with Crippen LogP contribution < -0.4 is 5.73 Å². The molecular formula is C12H15Cl2NO. The summed E-state index contributed by atoms with van der Waals surface area (Å²) in [6, 6.07) is 5.63. The molecule has 0 spiro atoms. The van der Waals surface area contributed by atoms with Crippen LogP contribution in [-0.2, 0) is 10.3 Å². The normalized spacial score (nSPS) is 26.4. The Kier molecular flexibility index (Phi) is 3.75. The fourth-order valence-corrected chi connectivity index (χ4v) is 2.36. The number of hydrogen-bond acceptors (Lipinski definition) is 2. The van der Waals surface area contributed by atoms with E-state index in [0.29, 0.717) is 16.7 Å². The molecule has 0 amide bonds. The molecule has 0 radical (unpaired) electrons. The van der Waals surface area contributed by atoms with E-state index in [2.05, 4.69) is 0 Å². The third-order valence-corrected chi connectivity index (χ3v) is 3.84. The van der Waals surface area contributed by atoms with Gasteiger partial charge in [-0.2, -0.15) is 0 Å². The summed E-state index contributed by atoms with van der Waals surface area (Å²) in [5.74, 6) is 0. The van der Waals surface area contributed by atoms with E-state index in [9.17, 15) is 0 Å². The quantitative estimate of drug-likeness (QED) is 0.840. The van der Waals surface area contributed by atoms with Gasteiger partial charge in [-0.25, -0.2) is 0 Å². The summed E-state index contributed by atoms with van der Waals surface area (Å²) in [4.78, 5) is 0. The lowest BCUT2D eigenvalue weighted by molar-refractivity contribution is 0.139. The minimum Gasteiger partial charge on any atom is -0.381 e. The highest BCUT2D eigenvalue weighted by atomic mass is 35.5. The Morgan fingerprint density at radius 1 is 1.12 bits per heavy atom. The van der Waals surface area contributed by atoms with Gasteiger partial charge in [0.2, 0.25) is 0 Å². The zero-order chi connectivity index (χ0) is 11.6. The second-order valence-electron chi connectivity index (χ2n) is 4.25. The maximum absolute atomic E-state index is 6.42. The van der Waals surface area contributed by atoms with Crippen molar-refractivity contribution in [1.82, 2.24) is 0 Å². The smallest absolute Gasteiger partial charge is 0.0595 e. The van der Waals surface area contributed by atoms with Gasteiger partial charge >= 0.3 is 0 Å². The van der Waals surface area contributed by atoms with Crippen molar-refractivity contribution < 1.29 is 4.74 Å². The van der Waals surface area contributed by atoms with Gasteiger partial charge in [-0.3, -0.25) is 0 Å². The van der Waals surface area contributed by atoms with Crippen LogP contribution in [0.1, 0.15) is 24.8 Å². The van der Waals surface area contributed by atoms with Crippen molar-refractivity contribution in [2.75, 3.05) is 13.2 Å². The van der Waals surface area contributed by atoms with E-state index in [0.717, 1.165) is 31.4 Å². The summed E-state index contributed by atoms with van der Waals surface area (Å²) >= 11 is 11.9. The molecule has 2 N–H and O–H groups in total. The highest BCUT2D eigenvalue weighted by Gasteiger charge is 2.28. The highest BCUT2D eigenvalue weighted by Crippen LogP contribution is 2.33. The van der Waals surface area contributed by atoms with Crippen LogP contribution in [0.2, 0.25) is 10.0 Å². The topological polar surface area (TPSA) is 35.2 Å². The number of benzene rings is 1. The lowest BCUT2D eigenvalue weighted by Gasteiger charge is -2.28. The average molecular weight is 260 g/mol. The Labute approximate surface area is 106 Å². The highest BCUT2D eigenvalue weighted by molar-refractivity contribution is 6.42. The molecule has 1 aliphatic heterocycles. The van der Waals surface area contributed by atoms with Gasteiger partial charge in [0.25, 0.3) is 0 Å². The Morgan fingerprint density at radius 2 is 1.94 bits per heavy atom. The fourth-order valence-electron chi connectivity index (χ4n) is 2.07. The average Bonchev–Trinajstić information content (AvgIpc) is 2.48. The molecule has 1 aromatic rings. The molecule has 2 nitrogen and oxygen atoms in total. The molecule has 0 bridgehead atoms. The molecular weight excluding hydrogens is 245 g/mol. The van der Waals surface area contributed by atoms with Crippen molar-refractivity contribution in [3.63, 3.8) is 0 Å². The minimum atomic E-state index is -0.329. The lowest BCUT2D eigenvalue weighted by Crippen LogP contribution is -2.36. The van der Waals surface area contributed by atoms with Gasteiger partial charge in [-0.15, -0.1) is 0 Å². The Balaban J connectivity index is 2.29. The van der Waals surface area contributed by atoms with Crippen LogP contribution in [0.3, 0.4) is 0 Å². The molecule has 16 heavy (non-hydrogen) atoms. The van der Waals surface area contributed by atoms with Crippen molar-refractivity contribution in [1.29, 1.82) is 0 Å². The van der Waals surface area contributed by atoms with Crippen LogP contribution in [0.5, 0.6) is 0 Å². The Bertz CT molecular complexity index is 373. The summed E-state index contributed by atoms with van der Waals surface area (Å²) in [6.07, 6.45) is 2.73. The number of hydrogen-bond donors (Lipinski definition) is 1. The predicted molar refractivity (Wildman–Crippen MR) is 67.0 cm³/mol. The van der Waals surface area contributed by atoms with E-state index in [-0.39, 0.29) is 5.54 Å². The third kappa shape index (κ3) is 2.51. The summed E-state index contributed by atoms with van der Waals surface area (Å²) in [5.41, 5.74) is 7.14. The summed E-state index contributed by atoms with van der Waals surface area (Å²) in [6.45, 7) is 1.50. The molecule has 4 heteroatoms. The molecule has 1 fully saturated rings. The summed E-state index contributed by atoms with van der Waals surface area (Å²) < 4.78 is 5.43. The first kappa shape index (κ1) is 12.2. The SMILES string of the molecule is NC1(c2ccc(Cl)c(Cl)c2)CCCOCC1. The molecule has 1 heterocycles. The van der Waals surface area contributed by atoms with E-state index in [1.807, 2.05) is 12.1 Å². The van der Waals surface area contributed by atoms with Crippen molar-refractivity contribution >= 4 is 23.2 Å². The predicted octanol–water partition coefficient (Wildman–Crippen LogP) is 3.35. The van der Waals surface area contributed by atoms with Crippen LogP contribution in [-0.4, -0.2) is 13.2 Å². The maximum atomic E-state index is 6.42. The molecule has 2 rings (SSSR count). The van der Waals surface area contributed by atoms with Crippen molar-refractivity contribution in [2.24, 2.45) is 5.73 Å². The Morgan fingerprint density at radius 3 is 2.69 bits per heavy atom. The van der Waals surface area contributed by atoms with Crippen LogP contribution in [0.15, 0.2) is 18.2 Å². The number of ether oxygens (including phenoxy) is 1. The van der Waals surface area contributed by atoms with Gasteiger partial charge in [0.05, 0.1) is 10.0 Å². The van der Waals surface area contributed by atoms with Crippen molar-refractivity contribution in [2.45, 2.75) is 24.8 Å². The molecule has 0 aromatic heterocycles. The van der Waals surface area contributed by atoms with Crippen LogP contribution in [0, 0.1) is 0 Å². The number of rotatable bonds is 1. The van der Waals surface area contributed by atoms with Gasteiger partial charge in [-0.1, -0.05) is 29.3 Å². The van der Waals surface area contributed by atoms with E-state index in [1.54, 1.807) is 6.07 Å². The second kappa shape index (κ2) is 4.92. The molecule has 1 saturated heterocycles. The standard InChI is InChI=1S/C12H15Cl2NO/c13-10-3-2-9(8-11(10)14)12(15)4-1-6-16-7-5-12/h2-3,8H,1,4-7,15H2. The lowest BCUT2D eigenvalue weighted by atomic mass is 9.84. The summed E-state index contributed by atoms with van der Waals surface area (Å²) in [5, 5.41) is 1.13. The monoisotopic (exact) mass is 259 g/mol. The molecule has 1 aromatic carbocycles. The molecule has 0 saturated carbocycles. The van der Waals surface area contributed by atoms with Gasteiger partial charge in [-0.05, 0) is 37.0 Å². The molecule has 1 unspecified atom stereocenters. The first-order valence-electron chi connectivity index (χ1n) is 5.44. The van der Waals surface area contributed by atoms with E-state index >= 15 is 0 Å². The van der Waals surface area contributed by atoms with Crippen LogP contribution >= 0.6 is 23.2 Å². The van der Waals surface area contributed by atoms with E-state index in [4.69, 9.17) is 33.7 Å². The van der Waals surface area contributed by atoms with E-state index < -0.39 is 0 Å². The molecule has 0 aliphatic carbocycles. The van der Waals surface area contributed by atoms with E-state index in [1.165, 1.54) is 0 Å². The van der Waals surface area contributed by atoms with Gasteiger partial charge in [0.1, 0.15) is 0 Å². The second-order valence-corrected chi connectivity index (χ2v) is 5.07. The maximum Gasteiger partial charge on any atom is 0.0595 e. The largest absolute Gasteiger partial charge is 0.381 e. The zero-order valence-corrected chi connectivity index (χ0v) is 10.5. The first-order valence-corrected chi connectivity index (χ1v) is 6.20. The zero-order valence-electron chi connectivity index (χ0n) is 9.01. The molecule has 1 aliphatic rings. The van der Waals surface area contributed by atoms with Crippen LogP contribution in [0.25, 0.3) is 0 Å². The number of halogens is 2. The van der Waals surface area contributed by atoms with Gasteiger partial charge in [0, 0.05) is 18.8 Å². The van der Waals surface area contributed by atoms with Crippen LogP contribution in [0.4, 0.5) is 0 Å². The first-order chi connectivity index (χ1) is 7.62. The fraction of sp³-hybridized carbons (Fsp3) is 0.500. The Hall–Kier alpha value is -0.280. The van der Waals surface area contributed by atoms with Gasteiger partial charge < -0.3 is 10.5 Å². The minimum absolute atomic E-state index is 0.329. The third-order valence-electron chi connectivity index (χ3n) is 3.10.